The van der Waals surface area contributed by atoms with E-state index < -0.39 is 0 Å². The number of carbonyl (C=O) groups is 1. The lowest BCUT2D eigenvalue weighted by molar-refractivity contribution is -0.117. The molecule has 0 saturated carbocycles. The van der Waals surface area contributed by atoms with Gasteiger partial charge in [0.05, 0.1) is 10.7 Å². The molecule has 0 unspecified atom stereocenters. The van der Waals surface area contributed by atoms with E-state index in [4.69, 9.17) is 0 Å². The molecule has 3 heteroatoms. The first kappa shape index (κ1) is 15.4. The molecular weight excluding hydrogens is 290 g/mol. The quantitative estimate of drug-likeness (QED) is 0.686. The van der Waals surface area contributed by atoms with Gasteiger partial charge in [0.15, 0.2) is 5.78 Å². The summed E-state index contributed by atoms with van der Waals surface area (Å²) in [5.74, 6) is 0.247. The lowest BCUT2D eigenvalue weighted by Crippen LogP contribution is -2.18. The minimum absolute atomic E-state index is 0.0433. The number of rotatable bonds is 3. The first-order valence-corrected chi connectivity index (χ1v) is 9.00. The van der Waals surface area contributed by atoms with Crippen molar-refractivity contribution in [3.8, 4) is 0 Å². The van der Waals surface area contributed by atoms with E-state index in [2.05, 4.69) is 35.2 Å². The Morgan fingerprint density at radius 1 is 1.23 bits per heavy atom. The summed E-state index contributed by atoms with van der Waals surface area (Å²) in [4.78, 5) is 15.8. The minimum Gasteiger partial charge on any atom is -0.307 e. The third-order valence-electron chi connectivity index (χ3n) is 4.18. The van der Waals surface area contributed by atoms with Gasteiger partial charge in [-0.2, -0.15) is 0 Å². The topological polar surface area (TPSA) is 20.3 Å². The van der Waals surface area contributed by atoms with Crippen molar-refractivity contribution < 1.29 is 4.79 Å². The van der Waals surface area contributed by atoms with Crippen LogP contribution >= 0.6 is 11.8 Å². The van der Waals surface area contributed by atoms with Gasteiger partial charge in [0.25, 0.3) is 0 Å². The van der Waals surface area contributed by atoms with Crippen molar-refractivity contribution in [2.75, 3.05) is 4.90 Å². The Labute approximate surface area is 137 Å². The highest BCUT2D eigenvalue weighted by Crippen LogP contribution is 2.48. The number of allylic oxidation sites excluding steroid dienone is 3. The van der Waals surface area contributed by atoms with Gasteiger partial charge >= 0.3 is 0 Å². The number of para-hydroxylation sites is 1. The van der Waals surface area contributed by atoms with E-state index in [1.807, 2.05) is 19.9 Å². The van der Waals surface area contributed by atoms with Crippen molar-refractivity contribution in [3.63, 3.8) is 0 Å². The van der Waals surface area contributed by atoms with Gasteiger partial charge in [0, 0.05) is 22.6 Å². The summed E-state index contributed by atoms with van der Waals surface area (Å²) in [5.41, 5.74) is 2.58. The van der Waals surface area contributed by atoms with Crippen LogP contribution in [-0.2, 0) is 4.79 Å². The summed E-state index contributed by atoms with van der Waals surface area (Å²) < 4.78 is 0. The largest absolute Gasteiger partial charge is 0.307 e. The van der Waals surface area contributed by atoms with E-state index in [0.29, 0.717) is 0 Å². The SMILES string of the molecule is CC(C)C(=O)/C=C1\Sc2ccccc2N1C1=CCCCCC1. The molecule has 1 aromatic rings. The molecule has 1 aliphatic heterocycles. The van der Waals surface area contributed by atoms with Gasteiger partial charge < -0.3 is 4.90 Å². The smallest absolute Gasteiger partial charge is 0.160 e. The lowest BCUT2D eigenvalue weighted by atomic mass is 10.1. The van der Waals surface area contributed by atoms with Gasteiger partial charge in [-0.25, -0.2) is 0 Å². The Kier molecular flexibility index (Phi) is 4.72. The number of fused-ring (bicyclic) bond motifs is 1. The van der Waals surface area contributed by atoms with Gasteiger partial charge in [-0.1, -0.05) is 50.2 Å². The number of thioether (sulfide) groups is 1. The van der Waals surface area contributed by atoms with Crippen LogP contribution in [0.2, 0.25) is 0 Å². The number of ketones is 1. The summed E-state index contributed by atoms with van der Waals surface area (Å²) in [7, 11) is 0. The molecule has 22 heavy (non-hydrogen) atoms. The predicted molar refractivity (Wildman–Crippen MR) is 93.9 cm³/mol. The third-order valence-corrected chi connectivity index (χ3v) is 5.25. The average molecular weight is 313 g/mol. The molecule has 116 valence electrons. The number of hydrogen-bond donors (Lipinski definition) is 0. The molecule has 1 aromatic carbocycles. The van der Waals surface area contributed by atoms with E-state index in [1.54, 1.807) is 11.8 Å². The zero-order chi connectivity index (χ0) is 15.5. The Balaban J connectivity index is 2.00. The summed E-state index contributed by atoms with van der Waals surface area (Å²) in [5, 5.41) is 1.06. The monoisotopic (exact) mass is 313 g/mol. The first-order valence-electron chi connectivity index (χ1n) is 8.18. The number of nitrogens with zero attached hydrogens (tertiary/aromatic N) is 1. The fraction of sp³-hybridized carbons (Fsp3) is 0.421. The molecule has 0 amide bonds. The molecule has 0 N–H and O–H groups in total. The van der Waals surface area contributed by atoms with Gasteiger partial charge in [0.2, 0.25) is 0 Å². The van der Waals surface area contributed by atoms with E-state index in [-0.39, 0.29) is 11.7 Å². The Morgan fingerprint density at radius 2 is 2.05 bits per heavy atom. The maximum atomic E-state index is 12.2. The summed E-state index contributed by atoms with van der Waals surface area (Å²) in [6.07, 6.45) is 10.2. The van der Waals surface area contributed by atoms with E-state index in [0.717, 1.165) is 17.9 Å². The molecule has 0 bridgehead atoms. The van der Waals surface area contributed by atoms with Crippen LogP contribution in [0.4, 0.5) is 5.69 Å². The van der Waals surface area contributed by atoms with Crippen molar-refractivity contribution in [1.29, 1.82) is 0 Å². The van der Waals surface area contributed by atoms with Gasteiger partial charge in [0.1, 0.15) is 0 Å². The van der Waals surface area contributed by atoms with Crippen LogP contribution in [0.25, 0.3) is 0 Å². The van der Waals surface area contributed by atoms with Crippen LogP contribution in [0.5, 0.6) is 0 Å². The zero-order valence-electron chi connectivity index (χ0n) is 13.3. The van der Waals surface area contributed by atoms with E-state index in [1.165, 1.54) is 35.5 Å². The molecule has 2 nitrogen and oxygen atoms in total. The highest BCUT2D eigenvalue weighted by molar-refractivity contribution is 8.03. The first-order chi connectivity index (χ1) is 10.7. The molecule has 0 radical (unpaired) electrons. The van der Waals surface area contributed by atoms with Crippen molar-refractivity contribution in [3.05, 3.63) is 47.1 Å². The summed E-state index contributed by atoms with van der Waals surface area (Å²) in [6, 6.07) is 8.45. The Morgan fingerprint density at radius 3 is 2.86 bits per heavy atom. The Hall–Kier alpha value is -1.48. The van der Waals surface area contributed by atoms with Crippen LogP contribution in [0.15, 0.2) is 52.0 Å². The van der Waals surface area contributed by atoms with Crippen LogP contribution in [-0.4, -0.2) is 5.78 Å². The molecule has 0 spiro atoms. The van der Waals surface area contributed by atoms with Crippen molar-refractivity contribution in [1.82, 2.24) is 0 Å². The molecular formula is C19H23NOS. The molecule has 0 saturated heterocycles. The fourth-order valence-electron chi connectivity index (χ4n) is 2.88. The van der Waals surface area contributed by atoms with E-state index >= 15 is 0 Å². The van der Waals surface area contributed by atoms with Crippen LogP contribution < -0.4 is 4.90 Å². The maximum Gasteiger partial charge on any atom is 0.160 e. The second kappa shape index (κ2) is 6.74. The number of carbonyl (C=O) groups excluding carboxylic acids is 1. The van der Waals surface area contributed by atoms with Crippen LogP contribution in [0.1, 0.15) is 46.0 Å². The lowest BCUT2D eigenvalue weighted by Gasteiger charge is -2.23. The summed E-state index contributed by atoms with van der Waals surface area (Å²) >= 11 is 1.72. The third kappa shape index (κ3) is 3.14. The molecule has 0 atom stereocenters. The zero-order valence-corrected chi connectivity index (χ0v) is 14.2. The fourth-order valence-corrected chi connectivity index (χ4v) is 4.00. The maximum absolute atomic E-state index is 12.2. The number of anilines is 1. The van der Waals surface area contributed by atoms with E-state index in [9.17, 15) is 4.79 Å². The summed E-state index contributed by atoms with van der Waals surface area (Å²) in [6.45, 7) is 3.92. The molecule has 3 rings (SSSR count). The van der Waals surface area contributed by atoms with Gasteiger partial charge in [-0.3, -0.25) is 4.79 Å². The average Bonchev–Trinajstić information content (AvgIpc) is 2.68. The molecule has 1 aliphatic carbocycles. The second-order valence-corrected chi connectivity index (χ2v) is 7.30. The number of hydrogen-bond acceptors (Lipinski definition) is 3. The molecule has 0 aromatic heterocycles. The van der Waals surface area contributed by atoms with Gasteiger partial charge in [-0.05, 0) is 37.8 Å². The molecule has 0 fully saturated rings. The predicted octanol–water partition coefficient (Wildman–Crippen LogP) is 5.51. The number of benzene rings is 1. The van der Waals surface area contributed by atoms with Crippen molar-refractivity contribution in [2.45, 2.75) is 50.8 Å². The second-order valence-electron chi connectivity index (χ2n) is 6.24. The van der Waals surface area contributed by atoms with Gasteiger partial charge in [-0.15, -0.1) is 0 Å². The minimum atomic E-state index is 0.0433. The van der Waals surface area contributed by atoms with Crippen LogP contribution in [0, 0.1) is 5.92 Å². The highest BCUT2D eigenvalue weighted by atomic mass is 32.2. The van der Waals surface area contributed by atoms with Crippen LogP contribution in [0.3, 0.4) is 0 Å². The Bertz CT molecular complexity index is 630. The standard InChI is InChI=1S/C19H23NOS/c1-14(2)17(21)13-19-20(15-9-5-3-4-6-10-15)16-11-7-8-12-18(16)22-19/h7-9,11-14H,3-6,10H2,1-2H3/b19-13-. The van der Waals surface area contributed by atoms with Crippen molar-refractivity contribution >= 4 is 23.2 Å². The molecule has 2 aliphatic rings. The molecule has 1 heterocycles. The normalized spacial score (nSPS) is 20.0. The van der Waals surface area contributed by atoms with Crippen molar-refractivity contribution in [2.24, 2.45) is 5.92 Å². The highest BCUT2D eigenvalue weighted by Gasteiger charge is 2.28.